The maximum Gasteiger partial charge on any atom is 0.338 e. The lowest BCUT2D eigenvalue weighted by Gasteiger charge is -2.27. The lowest BCUT2D eigenvalue weighted by molar-refractivity contribution is -0.919. The SMILES string of the molecule is CCOC(=O)c1ccc(N2C(=O)C[C@@H]([NH+]3CCCCC3)C2=O)cc1. The van der Waals surface area contributed by atoms with Gasteiger partial charge in [-0.3, -0.25) is 9.59 Å². The van der Waals surface area contributed by atoms with E-state index in [0.29, 0.717) is 17.9 Å². The van der Waals surface area contributed by atoms with E-state index in [1.807, 2.05) is 0 Å². The van der Waals surface area contributed by atoms with Gasteiger partial charge in [0.15, 0.2) is 6.04 Å². The van der Waals surface area contributed by atoms with Crippen LogP contribution in [0.25, 0.3) is 0 Å². The second-order valence-corrected chi connectivity index (χ2v) is 6.31. The molecule has 1 aromatic carbocycles. The molecule has 6 heteroatoms. The van der Waals surface area contributed by atoms with E-state index in [1.165, 1.54) is 16.2 Å². The number of nitrogens with zero attached hydrogens (tertiary/aromatic N) is 1. The van der Waals surface area contributed by atoms with Gasteiger partial charge in [-0.2, -0.15) is 0 Å². The van der Waals surface area contributed by atoms with Crippen LogP contribution in [-0.2, 0) is 14.3 Å². The summed E-state index contributed by atoms with van der Waals surface area (Å²) in [6.45, 7) is 3.97. The van der Waals surface area contributed by atoms with Crippen LogP contribution in [0.15, 0.2) is 24.3 Å². The smallest absolute Gasteiger partial charge is 0.338 e. The van der Waals surface area contributed by atoms with Crippen molar-refractivity contribution in [1.29, 1.82) is 0 Å². The Morgan fingerprint density at radius 1 is 1.17 bits per heavy atom. The summed E-state index contributed by atoms with van der Waals surface area (Å²) in [7, 11) is 0. The fourth-order valence-corrected chi connectivity index (χ4v) is 3.54. The van der Waals surface area contributed by atoms with Crippen LogP contribution < -0.4 is 9.80 Å². The highest BCUT2D eigenvalue weighted by Crippen LogP contribution is 2.23. The molecule has 0 bridgehead atoms. The van der Waals surface area contributed by atoms with Crippen LogP contribution in [0.3, 0.4) is 0 Å². The minimum absolute atomic E-state index is 0.124. The maximum atomic E-state index is 12.7. The monoisotopic (exact) mass is 331 g/mol. The summed E-state index contributed by atoms with van der Waals surface area (Å²) in [5, 5.41) is 0. The average molecular weight is 331 g/mol. The number of benzene rings is 1. The zero-order valence-corrected chi connectivity index (χ0v) is 13.9. The second kappa shape index (κ2) is 7.13. The first-order chi connectivity index (χ1) is 11.6. The van der Waals surface area contributed by atoms with Crippen molar-refractivity contribution in [2.24, 2.45) is 0 Å². The fourth-order valence-electron chi connectivity index (χ4n) is 3.54. The molecule has 3 rings (SSSR count). The molecule has 6 nitrogen and oxygen atoms in total. The van der Waals surface area contributed by atoms with Crippen molar-refractivity contribution in [2.75, 3.05) is 24.6 Å². The lowest BCUT2D eigenvalue weighted by atomic mass is 10.1. The van der Waals surface area contributed by atoms with E-state index in [0.717, 1.165) is 25.9 Å². The van der Waals surface area contributed by atoms with Gasteiger partial charge in [-0.15, -0.1) is 0 Å². The van der Waals surface area contributed by atoms with Gasteiger partial charge in [0.2, 0.25) is 5.91 Å². The van der Waals surface area contributed by atoms with Gasteiger partial charge in [-0.05, 0) is 50.5 Å². The van der Waals surface area contributed by atoms with Crippen LogP contribution in [0.2, 0.25) is 0 Å². The number of quaternary nitrogens is 1. The Balaban J connectivity index is 1.75. The summed E-state index contributed by atoms with van der Waals surface area (Å²) in [5.74, 6) is -0.688. The van der Waals surface area contributed by atoms with E-state index in [2.05, 4.69) is 0 Å². The van der Waals surface area contributed by atoms with Crippen LogP contribution in [0, 0.1) is 0 Å². The molecule has 0 saturated carbocycles. The Kier molecular flexibility index (Phi) is 4.94. The quantitative estimate of drug-likeness (QED) is 0.647. The van der Waals surface area contributed by atoms with Gasteiger partial charge in [0.1, 0.15) is 0 Å². The zero-order chi connectivity index (χ0) is 17.1. The number of carbonyl (C=O) groups excluding carboxylic acids is 3. The number of esters is 1. The molecule has 2 aliphatic heterocycles. The average Bonchev–Trinajstić information content (AvgIpc) is 2.90. The van der Waals surface area contributed by atoms with Crippen molar-refractivity contribution < 1.29 is 24.0 Å². The molecule has 0 radical (unpaired) electrons. The third kappa shape index (κ3) is 3.19. The van der Waals surface area contributed by atoms with E-state index >= 15 is 0 Å². The van der Waals surface area contributed by atoms with Crippen molar-refractivity contribution in [3.8, 4) is 0 Å². The second-order valence-electron chi connectivity index (χ2n) is 6.31. The van der Waals surface area contributed by atoms with Crippen LogP contribution in [0.1, 0.15) is 43.0 Å². The molecule has 2 saturated heterocycles. The molecule has 0 aliphatic carbocycles. The zero-order valence-electron chi connectivity index (χ0n) is 13.9. The molecule has 1 atom stereocenters. The first-order valence-electron chi connectivity index (χ1n) is 8.60. The lowest BCUT2D eigenvalue weighted by Crippen LogP contribution is -3.17. The Labute approximate surface area is 141 Å². The molecule has 2 heterocycles. The minimum Gasteiger partial charge on any atom is -0.462 e. The number of hydrogen-bond acceptors (Lipinski definition) is 4. The number of imide groups is 1. The molecule has 0 unspecified atom stereocenters. The van der Waals surface area contributed by atoms with E-state index in [9.17, 15) is 14.4 Å². The molecule has 128 valence electrons. The highest BCUT2D eigenvalue weighted by molar-refractivity contribution is 6.21. The summed E-state index contributed by atoms with van der Waals surface area (Å²) in [5.41, 5.74) is 0.940. The van der Waals surface area contributed by atoms with Gasteiger partial charge in [0.25, 0.3) is 5.91 Å². The van der Waals surface area contributed by atoms with Crippen LogP contribution >= 0.6 is 0 Å². The highest BCUT2D eigenvalue weighted by Gasteiger charge is 2.45. The van der Waals surface area contributed by atoms with Crippen LogP contribution in [-0.4, -0.2) is 43.5 Å². The van der Waals surface area contributed by atoms with Crippen molar-refractivity contribution >= 4 is 23.5 Å². The molecule has 0 aromatic heterocycles. The Bertz CT molecular complexity index is 635. The number of ether oxygens (including phenoxy) is 1. The molecule has 1 aromatic rings. The molecule has 2 amide bonds. The van der Waals surface area contributed by atoms with Gasteiger partial charge < -0.3 is 9.64 Å². The third-order valence-electron chi connectivity index (χ3n) is 4.77. The first-order valence-corrected chi connectivity index (χ1v) is 8.60. The van der Waals surface area contributed by atoms with Crippen molar-refractivity contribution in [3.05, 3.63) is 29.8 Å². The largest absolute Gasteiger partial charge is 0.462 e. The van der Waals surface area contributed by atoms with E-state index in [4.69, 9.17) is 4.74 Å². The predicted octanol–water partition coefficient (Wildman–Crippen LogP) is 0.564. The fraction of sp³-hybridized carbons (Fsp3) is 0.500. The van der Waals surface area contributed by atoms with Crippen molar-refractivity contribution in [2.45, 2.75) is 38.6 Å². The number of amides is 2. The number of piperidine rings is 1. The van der Waals surface area contributed by atoms with Gasteiger partial charge in [0, 0.05) is 0 Å². The van der Waals surface area contributed by atoms with Crippen molar-refractivity contribution in [3.63, 3.8) is 0 Å². The topological polar surface area (TPSA) is 68.1 Å². The number of carbonyl (C=O) groups is 3. The Hall–Kier alpha value is -2.21. The van der Waals surface area contributed by atoms with E-state index < -0.39 is 5.97 Å². The third-order valence-corrected chi connectivity index (χ3v) is 4.77. The van der Waals surface area contributed by atoms with Gasteiger partial charge in [-0.1, -0.05) is 0 Å². The molecular formula is C18H23N2O4+. The number of rotatable bonds is 4. The van der Waals surface area contributed by atoms with Crippen molar-refractivity contribution in [1.82, 2.24) is 0 Å². The van der Waals surface area contributed by atoms with E-state index in [1.54, 1.807) is 31.2 Å². The number of hydrogen-bond donors (Lipinski definition) is 1. The number of nitrogens with one attached hydrogen (secondary N) is 1. The van der Waals surface area contributed by atoms with Gasteiger partial charge in [-0.25, -0.2) is 9.69 Å². The Morgan fingerprint density at radius 3 is 2.46 bits per heavy atom. The highest BCUT2D eigenvalue weighted by atomic mass is 16.5. The van der Waals surface area contributed by atoms with Gasteiger partial charge >= 0.3 is 5.97 Å². The molecule has 1 N–H and O–H groups in total. The number of anilines is 1. The Morgan fingerprint density at radius 2 is 1.83 bits per heavy atom. The predicted molar refractivity (Wildman–Crippen MR) is 87.8 cm³/mol. The number of likely N-dealkylation sites (tertiary alicyclic amines) is 1. The van der Waals surface area contributed by atoms with E-state index in [-0.39, 0.29) is 24.3 Å². The molecular weight excluding hydrogens is 308 g/mol. The summed E-state index contributed by atoms with van der Waals surface area (Å²) in [6.07, 6.45) is 3.70. The van der Waals surface area contributed by atoms with Crippen LogP contribution in [0.5, 0.6) is 0 Å². The van der Waals surface area contributed by atoms with Gasteiger partial charge in [0.05, 0.1) is 37.4 Å². The minimum atomic E-state index is -0.404. The summed E-state index contributed by atoms with van der Waals surface area (Å²) >= 11 is 0. The summed E-state index contributed by atoms with van der Waals surface area (Å²) in [6, 6.07) is 6.19. The maximum absolute atomic E-state index is 12.7. The summed E-state index contributed by atoms with van der Waals surface area (Å²) in [4.78, 5) is 39.3. The van der Waals surface area contributed by atoms with Crippen LogP contribution in [0.4, 0.5) is 5.69 Å². The molecule has 2 fully saturated rings. The normalized spacial score (nSPS) is 22.0. The summed E-state index contributed by atoms with van der Waals surface area (Å²) < 4.78 is 4.94. The standard InChI is InChI=1S/C18H22N2O4/c1-2-24-18(23)13-6-8-14(9-7-13)20-16(21)12-15(17(20)22)19-10-4-3-5-11-19/h6-9,15H,2-5,10-12H2,1H3/p+1/t15-/m1/s1. The molecule has 2 aliphatic rings. The molecule has 0 spiro atoms. The molecule has 24 heavy (non-hydrogen) atoms. The first kappa shape index (κ1) is 16.6.